The Balaban J connectivity index is 1.66. The van der Waals surface area contributed by atoms with E-state index in [2.05, 4.69) is 36.8 Å². The zero-order valence-corrected chi connectivity index (χ0v) is 20.0. The fourth-order valence-electron chi connectivity index (χ4n) is 3.95. The molecule has 36 heavy (non-hydrogen) atoms. The molecule has 0 atom stereocenters. The van der Waals surface area contributed by atoms with Gasteiger partial charge in [-0.15, -0.1) is 5.10 Å². The van der Waals surface area contributed by atoms with Crippen LogP contribution in [0.15, 0.2) is 42.7 Å². The highest BCUT2D eigenvalue weighted by molar-refractivity contribution is 6.00. The molecule has 178 valence electrons. The van der Waals surface area contributed by atoms with E-state index in [-0.39, 0.29) is 11.5 Å². The number of hydrogen-bond donors (Lipinski definition) is 2. The fourth-order valence-corrected chi connectivity index (χ4v) is 3.95. The molecule has 11 heteroatoms. The van der Waals surface area contributed by atoms with Crippen LogP contribution in [0.25, 0.3) is 28.1 Å². The Morgan fingerprint density at radius 3 is 2.69 bits per heavy atom. The van der Waals surface area contributed by atoms with Crippen LogP contribution in [0, 0.1) is 25.2 Å². The highest BCUT2D eigenvalue weighted by Crippen LogP contribution is 2.34. The first-order chi connectivity index (χ1) is 17.4. The Labute approximate surface area is 205 Å². The standard InChI is InChI=1S/C25H21N9O2/c1-13-5-7-22(33-30-13)28-18-9-20-17(10-21(18)36-4)27-12-34(20)23-8-6-16(15(3)35)25(29-23)24-14(2)31-32-19(24)11-26/h5-10,12H,1-4H3,(H,28,33)(H,31,32). The second kappa shape index (κ2) is 8.92. The summed E-state index contributed by atoms with van der Waals surface area (Å²) in [4.78, 5) is 21.7. The Kier molecular flexibility index (Phi) is 5.62. The Morgan fingerprint density at radius 1 is 1.17 bits per heavy atom. The van der Waals surface area contributed by atoms with Crippen LogP contribution in [0.4, 0.5) is 11.5 Å². The van der Waals surface area contributed by atoms with Gasteiger partial charge in [-0.05, 0) is 51.1 Å². The molecule has 1 aromatic carbocycles. The quantitative estimate of drug-likeness (QED) is 0.344. The summed E-state index contributed by atoms with van der Waals surface area (Å²) in [5, 5.41) is 27.9. The molecular weight excluding hydrogens is 458 g/mol. The van der Waals surface area contributed by atoms with Crippen molar-refractivity contribution >= 4 is 28.3 Å². The number of anilines is 2. The van der Waals surface area contributed by atoms with Gasteiger partial charge < -0.3 is 10.1 Å². The molecule has 0 saturated heterocycles. The number of aromatic amines is 1. The summed E-state index contributed by atoms with van der Waals surface area (Å²) < 4.78 is 7.36. The fraction of sp³-hybridized carbons (Fsp3) is 0.160. The molecule has 4 heterocycles. The summed E-state index contributed by atoms with van der Waals surface area (Å²) in [5.74, 6) is 1.51. The van der Waals surface area contributed by atoms with Gasteiger partial charge in [0, 0.05) is 17.3 Å². The molecule has 0 radical (unpaired) electrons. The molecule has 0 amide bonds. The summed E-state index contributed by atoms with van der Waals surface area (Å²) in [7, 11) is 1.58. The minimum absolute atomic E-state index is 0.167. The maximum absolute atomic E-state index is 12.4. The topological polar surface area (TPSA) is 147 Å². The monoisotopic (exact) mass is 479 g/mol. The minimum atomic E-state index is -0.167. The molecule has 0 aliphatic carbocycles. The second-order valence-corrected chi connectivity index (χ2v) is 8.15. The number of rotatable bonds is 6. The normalized spacial score (nSPS) is 10.9. The van der Waals surface area contributed by atoms with Crippen molar-refractivity contribution in [2.45, 2.75) is 20.8 Å². The molecule has 11 nitrogen and oxygen atoms in total. The number of hydrogen-bond acceptors (Lipinski definition) is 9. The van der Waals surface area contributed by atoms with Gasteiger partial charge in [0.2, 0.25) is 0 Å². The summed E-state index contributed by atoms with van der Waals surface area (Å²) in [6.45, 7) is 5.12. The number of fused-ring (bicyclic) bond motifs is 1. The van der Waals surface area contributed by atoms with Crippen LogP contribution in [-0.2, 0) is 0 Å². The van der Waals surface area contributed by atoms with Crippen molar-refractivity contribution < 1.29 is 9.53 Å². The van der Waals surface area contributed by atoms with E-state index in [1.807, 2.05) is 31.2 Å². The SMILES string of the molecule is COc1cc2ncn(-c3ccc(C(C)=O)c(-c4c(C#N)n[nH]c4C)n3)c2cc1Nc1ccc(C)nn1. The third-order valence-corrected chi connectivity index (χ3v) is 5.73. The number of Topliss-reactive ketones (excluding diaryl/α,β-unsaturated/α-hetero) is 1. The maximum Gasteiger partial charge on any atom is 0.171 e. The van der Waals surface area contributed by atoms with Crippen molar-refractivity contribution in [2.24, 2.45) is 0 Å². The molecule has 2 N–H and O–H groups in total. The third kappa shape index (κ3) is 3.90. The van der Waals surface area contributed by atoms with Gasteiger partial charge in [-0.2, -0.15) is 15.5 Å². The number of H-pyrrole nitrogens is 1. The predicted molar refractivity (Wildman–Crippen MR) is 133 cm³/mol. The highest BCUT2D eigenvalue weighted by Gasteiger charge is 2.21. The van der Waals surface area contributed by atoms with Crippen LogP contribution in [0.5, 0.6) is 5.75 Å². The predicted octanol–water partition coefficient (Wildman–Crippen LogP) is 4.04. The maximum atomic E-state index is 12.4. The Bertz CT molecular complexity index is 1660. The van der Waals surface area contributed by atoms with E-state index in [4.69, 9.17) is 9.72 Å². The molecule has 0 unspecified atom stereocenters. The first-order valence-corrected chi connectivity index (χ1v) is 11.0. The van der Waals surface area contributed by atoms with Gasteiger partial charge in [0.05, 0.1) is 40.8 Å². The third-order valence-electron chi connectivity index (χ3n) is 5.73. The summed E-state index contributed by atoms with van der Waals surface area (Å²) in [6, 6.07) is 12.9. The molecule has 5 aromatic rings. The highest BCUT2D eigenvalue weighted by atomic mass is 16.5. The Morgan fingerprint density at radius 2 is 2.00 bits per heavy atom. The molecule has 0 aliphatic rings. The number of carbonyl (C=O) groups excluding carboxylic acids is 1. The van der Waals surface area contributed by atoms with E-state index in [9.17, 15) is 10.1 Å². The lowest BCUT2D eigenvalue weighted by Crippen LogP contribution is -2.05. The summed E-state index contributed by atoms with van der Waals surface area (Å²) >= 11 is 0. The van der Waals surface area contributed by atoms with E-state index < -0.39 is 0 Å². The number of nitrogens with one attached hydrogen (secondary N) is 2. The van der Waals surface area contributed by atoms with Crippen LogP contribution in [0.3, 0.4) is 0 Å². The van der Waals surface area contributed by atoms with E-state index in [0.717, 1.165) is 11.2 Å². The number of methoxy groups -OCH3 is 1. The average Bonchev–Trinajstić information content (AvgIpc) is 3.47. The number of benzene rings is 1. The smallest absolute Gasteiger partial charge is 0.171 e. The van der Waals surface area contributed by atoms with E-state index in [1.165, 1.54) is 6.92 Å². The van der Waals surface area contributed by atoms with Crippen LogP contribution in [0.1, 0.15) is 34.4 Å². The summed E-state index contributed by atoms with van der Waals surface area (Å²) in [5.41, 5.74) is 5.00. The molecule has 0 aliphatic heterocycles. The lowest BCUT2D eigenvalue weighted by molar-refractivity contribution is 0.101. The largest absolute Gasteiger partial charge is 0.494 e. The number of nitriles is 1. The lowest BCUT2D eigenvalue weighted by Gasteiger charge is -2.13. The van der Waals surface area contributed by atoms with Gasteiger partial charge in [0.1, 0.15) is 24.0 Å². The van der Waals surface area contributed by atoms with Gasteiger partial charge in [-0.25, -0.2) is 9.97 Å². The van der Waals surface area contributed by atoms with Crippen molar-refractivity contribution in [2.75, 3.05) is 12.4 Å². The van der Waals surface area contributed by atoms with Crippen LogP contribution < -0.4 is 10.1 Å². The van der Waals surface area contributed by atoms with Crippen LogP contribution >= 0.6 is 0 Å². The zero-order valence-electron chi connectivity index (χ0n) is 20.0. The van der Waals surface area contributed by atoms with Crippen LogP contribution in [-0.4, -0.2) is 47.8 Å². The van der Waals surface area contributed by atoms with Crippen molar-refractivity contribution in [1.29, 1.82) is 5.26 Å². The van der Waals surface area contributed by atoms with E-state index >= 15 is 0 Å². The summed E-state index contributed by atoms with van der Waals surface area (Å²) in [6.07, 6.45) is 1.65. The first kappa shape index (κ1) is 22.7. The second-order valence-electron chi connectivity index (χ2n) is 8.15. The molecular formula is C25H21N9O2. The molecule has 0 bridgehead atoms. The molecule has 4 aromatic heterocycles. The number of imidazole rings is 1. The minimum Gasteiger partial charge on any atom is -0.494 e. The van der Waals surface area contributed by atoms with E-state index in [0.29, 0.717) is 51.1 Å². The molecule has 0 fully saturated rings. The number of carbonyl (C=O) groups is 1. The average molecular weight is 480 g/mol. The number of aromatic nitrogens is 7. The molecule has 0 saturated carbocycles. The van der Waals surface area contributed by atoms with Crippen molar-refractivity contribution in [3.8, 4) is 28.9 Å². The van der Waals surface area contributed by atoms with Gasteiger partial charge in [0.25, 0.3) is 0 Å². The lowest BCUT2D eigenvalue weighted by atomic mass is 10.0. The number of nitrogens with zero attached hydrogens (tertiary/aromatic N) is 7. The first-order valence-electron chi connectivity index (χ1n) is 11.0. The van der Waals surface area contributed by atoms with Gasteiger partial charge in [-0.1, -0.05) is 0 Å². The van der Waals surface area contributed by atoms with Gasteiger partial charge >= 0.3 is 0 Å². The zero-order chi connectivity index (χ0) is 25.4. The van der Waals surface area contributed by atoms with Gasteiger partial charge in [-0.3, -0.25) is 14.5 Å². The van der Waals surface area contributed by atoms with Gasteiger partial charge in [0.15, 0.2) is 17.3 Å². The van der Waals surface area contributed by atoms with Crippen molar-refractivity contribution in [3.05, 3.63) is 65.4 Å². The van der Waals surface area contributed by atoms with Crippen molar-refractivity contribution in [3.63, 3.8) is 0 Å². The number of pyridine rings is 1. The number of ketones is 1. The molecule has 5 rings (SSSR count). The molecule has 0 spiro atoms. The van der Waals surface area contributed by atoms with E-state index in [1.54, 1.807) is 37.1 Å². The number of aryl methyl sites for hydroxylation is 2. The van der Waals surface area contributed by atoms with Crippen molar-refractivity contribution in [1.82, 2.24) is 34.9 Å². The Hall–Kier alpha value is -5.11. The van der Waals surface area contributed by atoms with Crippen LogP contribution in [0.2, 0.25) is 0 Å². The number of ether oxygens (including phenoxy) is 1.